The van der Waals surface area contributed by atoms with Crippen LogP contribution in [0.5, 0.6) is 0 Å². The summed E-state index contributed by atoms with van der Waals surface area (Å²) >= 11 is 2.18. The number of halogens is 1. The number of carbonyl (C=O) groups excluding carboxylic acids is 2. The van der Waals surface area contributed by atoms with Crippen molar-refractivity contribution < 1.29 is 19.5 Å². The van der Waals surface area contributed by atoms with E-state index in [1.54, 1.807) is 0 Å². The summed E-state index contributed by atoms with van der Waals surface area (Å²) in [7, 11) is 0. The van der Waals surface area contributed by atoms with E-state index in [-0.39, 0.29) is 18.4 Å². The van der Waals surface area contributed by atoms with Gasteiger partial charge in [-0.3, -0.25) is 14.4 Å². The van der Waals surface area contributed by atoms with Crippen LogP contribution in [0.15, 0.2) is 24.3 Å². The van der Waals surface area contributed by atoms with Gasteiger partial charge in [-0.15, -0.1) is 0 Å². The van der Waals surface area contributed by atoms with Crippen molar-refractivity contribution in [3.05, 3.63) is 33.4 Å². The number of hydrogen-bond acceptors (Lipinski definition) is 3. The maximum Gasteiger partial charge on any atom is 0.305 e. The van der Waals surface area contributed by atoms with E-state index in [0.29, 0.717) is 6.54 Å². The second-order valence-electron chi connectivity index (χ2n) is 4.54. The second kappa shape index (κ2) is 6.21. The number of rotatable bonds is 4. The van der Waals surface area contributed by atoms with Crippen LogP contribution in [0.1, 0.15) is 12.0 Å². The predicted molar refractivity (Wildman–Crippen MR) is 78.8 cm³/mol. The van der Waals surface area contributed by atoms with Crippen LogP contribution in [-0.4, -0.2) is 40.4 Å². The molecule has 1 atom stereocenters. The van der Waals surface area contributed by atoms with Crippen LogP contribution >= 0.6 is 22.6 Å². The molecule has 2 amide bonds. The van der Waals surface area contributed by atoms with Gasteiger partial charge in [0.25, 0.3) is 0 Å². The molecule has 0 aromatic heterocycles. The Morgan fingerprint density at radius 2 is 2.00 bits per heavy atom. The van der Waals surface area contributed by atoms with Crippen molar-refractivity contribution in [3.8, 4) is 0 Å². The van der Waals surface area contributed by atoms with Crippen molar-refractivity contribution >= 4 is 40.4 Å². The van der Waals surface area contributed by atoms with E-state index >= 15 is 0 Å². The number of benzene rings is 1. The monoisotopic (exact) mass is 388 g/mol. The molecule has 0 spiro atoms. The lowest BCUT2D eigenvalue weighted by Gasteiger charge is -2.31. The van der Waals surface area contributed by atoms with E-state index < -0.39 is 18.4 Å². The lowest BCUT2D eigenvalue weighted by atomic mass is 10.1. The fourth-order valence-corrected chi connectivity index (χ4v) is 2.39. The van der Waals surface area contributed by atoms with Gasteiger partial charge in [0, 0.05) is 10.1 Å². The summed E-state index contributed by atoms with van der Waals surface area (Å²) in [5, 5.41) is 11.2. The van der Waals surface area contributed by atoms with Crippen LogP contribution < -0.4 is 5.32 Å². The Balaban J connectivity index is 2.09. The van der Waals surface area contributed by atoms with Gasteiger partial charge in [-0.1, -0.05) is 12.1 Å². The summed E-state index contributed by atoms with van der Waals surface area (Å²) in [5.41, 5.74) is 0.905. The quantitative estimate of drug-likeness (QED) is 0.740. The van der Waals surface area contributed by atoms with Crippen molar-refractivity contribution in [2.45, 2.75) is 19.0 Å². The van der Waals surface area contributed by atoms with E-state index in [9.17, 15) is 14.4 Å². The molecular weight excluding hydrogens is 375 g/mol. The van der Waals surface area contributed by atoms with Crippen molar-refractivity contribution in [1.29, 1.82) is 0 Å². The summed E-state index contributed by atoms with van der Waals surface area (Å²) < 4.78 is 1.08. The van der Waals surface area contributed by atoms with E-state index in [1.807, 2.05) is 24.3 Å². The lowest BCUT2D eigenvalue weighted by Crippen LogP contribution is -2.58. The highest BCUT2D eigenvalue weighted by molar-refractivity contribution is 14.1. The smallest absolute Gasteiger partial charge is 0.305 e. The van der Waals surface area contributed by atoms with Crippen LogP contribution in [0.3, 0.4) is 0 Å². The maximum absolute atomic E-state index is 12.1. The zero-order valence-corrected chi connectivity index (χ0v) is 12.7. The number of amides is 2. The molecule has 1 heterocycles. The number of carboxylic acid groups (broad SMARTS) is 1. The summed E-state index contributed by atoms with van der Waals surface area (Å²) in [6.45, 7) is 0.264. The first-order valence-corrected chi connectivity index (χ1v) is 7.08. The lowest BCUT2D eigenvalue weighted by molar-refractivity contribution is -0.148. The molecule has 0 radical (unpaired) electrons. The molecule has 20 heavy (non-hydrogen) atoms. The number of piperazine rings is 1. The molecular formula is C13H13IN2O4. The zero-order chi connectivity index (χ0) is 14.7. The molecule has 1 aromatic carbocycles. The van der Waals surface area contributed by atoms with E-state index in [1.165, 1.54) is 4.90 Å². The first-order valence-electron chi connectivity index (χ1n) is 6.00. The average molecular weight is 388 g/mol. The summed E-state index contributed by atoms with van der Waals surface area (Å²) in [6.07, 6.45) is -0.395. The maximum atomic E-state index is 12.1. The molecule has 1 saturated heterocycles. The number of nitrogens with zero attached hydrogens (tertiary/aromatic N) is 1. The molecule has 0 bridgehead atoms. The third-order valence-corrected chi connectivity index (χ3v) is 3.66. The van der Waals surface area contributed by atoms with Crippen LogP contribution in [0.2, 0.25) is 0 Å². The summed E-state index contributed by atoms with van der Waals surface area (Å²) in [4.78, 5) is 35.8. The van der Waals surface area contributed by atoms with E-state index in [0.717, 1.165) is 9.13 Å². The number of nitrogens with one attached hydrogen (secondary N) is 1. The van der Waals surface area contributed by atoms with Crippen molar-refractivity contribution in [2.75, 3.05) is 6.54 Å². The average Bonchev–Trinajstić information content (AvgIpc) is 2.37. The Morgan fingerprint density at radius 3 is 2.60 bits per heavy atom. The van der Waals surface area contributed by atoms with Gasteiger partial charge in [-0.25, -0.2) is 0 Å². The van der Waals surface area contributed by atoms with Gasteiger partial charge < -0.3 is 15.3 Å². The molecule has 1 aliphatic rings. The molecule has 2 rings (SSSR count). The van der Waals surface area contributed by atoms with Gasteiger partial charge >= 0.3 is 5.97 Å². The first kappa shape index (κ1) is 14.8. The fraction of sp³-hybridized carbons (Fsp3) is 0.308. The number of carboxylic acids is 1. The van der Waals surface area contributed by atoms with Crippen LogP contribution in [0.4, 0.5) is 0 Å². The van der Waals surface area contributed by atoms with Gasteiger partial charge in [0.1, 0.15) is 6.04 Å². The van der Waals surface area contributed by atoms with Gasteiger partial charge in [-0.05, 0) is 40.3 Å². The van der Waals surface area contributed by atoms with Gasteiger partial charge in [0.2, 0.25) is 11.8 Å². The second-order valence-corrected chi connectivity index (χ2v) is 5.78. The Kier molecular flexibility index (Phi) is 4.58. The van der Waals surface area contributed by atoms with Crippen molar-refractivity contribution in [1.82, 2.24) is 10.2 Å². The van der Waals surface area contributed by atoms with E-state index in [4.69, 9.17) is 5.11 Å². The highest BCUT2D eigenvalue weighted by atomic mass is 127. The predicted octanol–water partition coefficient (Wildman–Crippen LogP) is 0.593. The molecule has 106 valence electrons. The molecule has 2 N–H and O–H groups in total. The van der Waals surface area contributed by atoms with Gasteiger partial charge in [-0.2, -0.15) is 0 Å². The minimum absolute atomic E-state index is 0.0407. The number of aliphatic carboxylic acids is 1. The zero-order valence-electron chi connectivity index (χ0n) is 10.5. The Morgan fingerprint density at radius 1 is 1.35 bits per heavy atom. The highest BCUT2D eigenvalue weighted by Gasteiger charge is 2.33. The molecule has 1 unspecified atom stereocenters. The van der Waals surface area contributed by atoms with Gasteiger partial charge in [0.15, 0.2) is 0 Å². The first-order chi connectivity index (χ1) is 9.45. The van der Waals surface area contributed by atoms with Crippen LogP contribution in [0, 0.1) is 3.57 Å². The SMILES string of the molecule is O=C(O)CC1NC(=O)CN(Cc2ccc(I)cc2)C1=O. The topological polar surface area (TPSA) is 86.7 Å². The Bertz CT molecular complexity index is 542. The van der Waals surface area contributed by atoms with Crippen molar-refractivity contribution in [2.24, 2.45) is 0 Å². The van der Waals surface area contributed by atoms with Gasteiger partial charge in [0.05, 0.1) is 13.0 Å². The molecule has 1 aliphatic heterocycles. The molecule has 0 saturated carbocycles. The Hall–Kier alpha value is -1.64. The molecule has 1 fully saturated rings. The van der Waals surface area contributed by atoms with E-state index in [2.05, 4.69) is 27.9 Å². The summed E-state index contributed by atoms with van der Waals surface area (Å²) in [5.74, 6) is -1.80. The third-order valence-electron chi connectivity index (χ3n) is 2.94. The molecule has 7 heteroatoms. The largest absolute Gasteiger partial charge is 0.481 e. The number of hydrogen-bond donors (Lipinski definition) is 2. The highest BCUT2D eigenvalue weighted by Crippen LogP contribution is 2.13. The number of carbonyl (C=O) groups is 3. The van der Waals surface area contributed by atoms with Crippen LogP contribution in [0.25, 0.3) is 0 Å². The van der Waals surface area contributed by atoms with Crippen LogP contribution in [-0.2, 0) is 20.9 Å². The molecule has 1 aromatic rings. The third kappa shape index (κ3) is 3.69. The minimum atomic E-state index is -1.11. The Labute approximate surface area is 129 Å². The normalized spacial score (nSPS) is 18.9. The molecule has 0 aliphatic carbocycles. The van der Waals surface area contributed by atoms with Crippen molar-refractivity contribution in [3.63, 3.8) is 0 Å². The summed E-state index contributed by atoms with van der Waals surface area (Å²) in [6, 6.07) is 6.62. The fourth-order valence-electron chi connectivity index (χ4n) is 2.03. The molecule has 6 nitrogen and oxygen atoms in total. The minimum Gasteiger partial charge on any atom is -0.481 e. The standard InChI is InChI=1S/C13H13IN2O4/c14-9-3-1-8(2-4-9)6-16-7-11(17)15-10(13(16)20)5-12(18)19/h1-4,10H,5-7H2,(H,15,17)(H,18,19).